The van der Waals surface area contributed by atoms with Crippen LogP contribution in [-0.4, -0.2) is 23.2 Å². The van der Waals surface area contributed by atoms with Crippen molar-refractivity contribution in [1.82, 2.24) is 4.40 Å². The molecule has 0 unspecified atom stereocenters. The monoisotopic (exact) mass is 403 g/mol. The zero-order valence-electron chi connectivity index (χ0n) is 16.1. The van der Waals surface area contributed by atoms with E-state index in [9.17, 15) is 14.0 Å². The van der Waals surface area contributed by atoms with E-state index in [1.807, 2.05) is 0 Å². The van der Waals surface area contributed by atoms with E-state index in [0.717, 1.165) is 0 Å². The zero-order chi connectivity index (χ0) is 21.3. The van der Waals surface area contributed by atoms with Gasteiger partial charge in [-0.3, -0.25) is 9.59 Å². The number of amides is 1. The number of fused-ring (bicyclic) bond motifs is 1. The van der Waals surface area contributed by atoms with Crippen molar-refractivity contribution in [3.05, 3.63) is 95.6 Å². The zero-order valence-corrected chi connectivity index (χ0v) is 16.1. The number of anilines is 2. The van der Waals surface area contributed by atoms with Gasteiger partial charge in [-0.15, -0.1) is 0 Å². The van der Waals surface area contributed by atoms with Crippen LogP contribution >= 0.6 is 0 Å². The maximum Gasteiger partial charge on any atom is 0.259 e. The third-order valence-corrected chi connectivity index (χ3v) is 4.78. The van der Waals surface area contributed by atoms with Gasteiger partial charge in [0, 0.05) is 17.4 Å². The van der Waals surface area contributed by atoms with E-state index in [1.165, 1.54) is 24.3 Å². The molecule has 0 bridgehead atoms. The summed E-state index contributed by atoms with van der Waals surface area (Å²) < 4.78 is 19.9. The Morgan fingerprint density at radius 3 is 2.37 bits per heavy atom. The van der Waals surface area contributed by atoms with Crippen molar-refractivity contribution in [3.63, 3.8) is 0 Å². The molecule has 4 aromatic rings. The van der Waals surface area contributed by atoms with Gasteiger partial charge in [-0.05, 0) is 60.7 Å². The second-order valence-electron chi connectivity index (χ2n) is 6.61. The fourth-order valence-electron chi connectivity index (χ4n) is 3.30. The number of ketones is 1. The number of rotatable bonds is 5. The van der Waals surface area contributed by atoms with E-state index < -0.39 is 11.7 Å². The molecule has 30 heavy (non-hydrogen) atoms. The highest BCUT2D eigenvalue weighted by Crippen LogP contribution is 2.29. The van der Waals surface area contributed by atoms with E-state index in [0.29, 0.717) is 22.5 Å². The Kier molecular flexibility index (Phi) is 4.93. The minimum absolute atomic E-state index is 0.0710. The van der Waals surface area contributed by atoms with E-state index >= 15 is 0 Å². The van der Waals surface area contributed by atoms with E-state index in [4.69, 9.17) is 10.5 Å². The lowest BCUT2D eigenvalue weighted by Gasteiger charge is -2.06. The summed E-state index contributed by atoms with van der Waals surface area (Å²) in [7, 11) is 1.54. The Morgan fingerprint density at radius 1 is 1.00 bits per heavy atom. The molecule has 0 atom stereocenters. The number of nitrogens with zero attached hydrogens (tertiary/aromatic N) is 1. The molecule has 0 spiro atoms. The van der Waals surface area contributed by atoms with Crippen LogP contribution in [0.1, 0.15) is 26.4 Å². The van der Waals surface area contributed by atoms with Crippen molar-refractivity contribution >= 4 is 28.6 Å². The molecule has 3 N–H and O–H groups in total. The number of pyridine rings is 1. The first-order valence-corrected chi connectivity index (χ1v) is 9.14. The molecule has 2 aromatic carbocycles. The molecule has 4 rings (SSSR count). The van der Waals surface area contributed by atoms with Crippen LogP contribution in [0, 0.1) is 5.82 Å². The summed E-state index contributed by atoms with van der Waals surface area (Å²) in [4.78, 5) is 26.2. The molecule has 2 aromatic heterocycles. The van der Waals surface area contributed by atoms with Gasteiger partial charge in [0.15, 0.2) is 0 Å². The molecule has 0 aliphatic carbocycles. The molecule has 1 amide bonds. The lowest BCUT2D eigenvalue weighted by atomic mass is 10.1. The smallest absolute Gasteiger partial charge is 0.259 e. The molecule has 0 aliphatic heterocycles. The van der Waals surface area contributed by atoms with E-state index in [-0.39, 0.29) is 22.7 Å². The first-order valence-electron chi connectivity index (χ1n) is 9.14. The highest BCUT2D eigenvalue weighted by molar-refractivity contribution is 6.20. The maximum absolute atomic E-state index is 13.2. The Labute approximate surface area is 171 Å². The minimum Gasteiger partial charge on any atom is -0.497 e. The normalized spacial score (nSPS) is 10.7. The van der Waals surface area contributed by atoms with E-state index in [2.05, 4.69) is 5.32 Å². The van der Waals surface area contributed by atoms with Crippen LogP contribution in [0.5, 0.6) is 5.75 Å². The number of carbonyl (C=O) groups is 2. The van der Waals surface area contributed by atoms with Gasteiger partial charge in [0.05, 0.1) is 23.9 Å². The van der Waals surface area contributed by atoms with Crippen LogP contribution in [-0.2, 0) is 0 Å². The Morgan fingerprint density at radius 2 is 1.70 bits per heavy atom. The van der Waals surface area contributed by atoms with Crippen LogP contribution in [0.4, 0.5) is 15.8 Å². The molecule has 2 heterocycles. The number of carbonyl (C=O) groups excluding carboxylic acids is 2. The van der Waals surface area contributed by atoms with Gasteiger partial charge >= 0.3 is 0 Å². The van der Waals surface area contributed by atoms with Gasteiger partial charge < -0.3 is 20.2 Å². The number of methoxy groups -OCH3 is 1. The lowest BCUT2D eigenvalue weighted by Crippen LogP contribution is -2.14. The fraction of sp³-hybridized carbons (Fsp3) is 0.0435. The summed E-state index contributed by atoms with van der Waals surface area (Å²) in [5.41, 5.74) is 8.07. The van der Waals surface area contributed by atoms with Crippen LogP contribution in [0.25, 0.3) is 5.52 Å². The first kappa shape index (κ1) is 19.2. The average Bonchev–Trinajstić information content (AvgIpc) is 3.06. The number of nitrogens with two attached hydrogens (primary N) is 1. The number of benzene rings is 2. The maximum atomic E-state index is 13.2. The number of hydrogen-bond acceptors (Lipinski definition) is 4. The molecule has 0 aliphatic rings. The van der Waals surface area contributed by atoms with Gasteiger partial charge in [-0.2, -0.15) is 0 Å². The van der Waals surface area contributed by atoms with Crippen LogP contribution in [0.15, 0.2) is 72.9 Å². The van der Waals surface area contributed by atoms with Crippen LogP contribution in [0.2, 0.25) is 0 Å². The number of nitrogens with one attached hydrogen (secondary N) is 1. The second kappa shape index (κ2) is 7.71. The summed E-state index contributed by atoms with van der Waals surface area (Å²) in [6.45, 7) is 0. The first-order chi connectivity index (χ1) is 14.5. The molecule has 150 valence electrons. The fourth-order valence-corrected chi connectivity index (χ4v) is 3.30. The molecule has 7 heteroatoms. The summed E-state index contributed by atoms with van der Waals surface area (Å²) in [6.07, 6.45) is 1.68. The highest BCUT2D eigenvalue weighted by atomic mass is 19.1. The topological polar surface area (TPSA) is 85.8 Å². The molecular weight excluding hydrogens is 385 g/mol. The minimum atomic E-state index is -0.489. The largest absolute Gasteiger partial charge is 0.497 e. The van der Waals surface area contributed by atoms with Gasteiger partial charge in [0.25, 0.3) is 5.91 Å². The number of hydrogen-bond donors (Lipinski definition) is 2. The highest BCUT2D eigenvalue weighted by Gasteiger charge is 2.26. The summed E-state index contributed by atoms with van der Waals surface area (Å²) in [5, 5.41) is 2.70. The third kappa shape index (κ3) is 3.37. The summed E-state index contributed by atoms with van der Waals surface area (Å²) in [6, 6.07) is 17.2. The predicted octanol–water partition coefficient (Wildman–Crippen LogP) is 4.15. The quantitative estimate of drug-likeness (QED) is 0.490. The lowest BCUT2D eigenvalue weighted by molar-refractivity contribution is 0.102. The Hall–Kier alpha value is -4.13. The summed E-state index contributed by atoms with van der Waals surface area (Å²) >= 11 is 0. The van der Waals surface area contributed by atoms with Gasteiger partial charge in [-0.1, -0.05) is 6.07 Å². The molecule has 0 radical (unpaired) electrons. The molecule has 6 nitrogen and oxygen atoms in total. The van der Waals surface area contributed by atoms with Gasteiger partial charge in [-0.25, -0.2) is 4.39 Å². The van der Waals surface area contributed by atoms with Crippen molar-refractivity contribution in [1.29, 1.82) is 0 Å². The number of halogens is 1. The molecular formula is C23H18FN3O3. The Balaban J connectivity index is 1.78. The number of nitrogen functional groups attached to an aromatic ring is 1. The third-order valence-electron chi connectivity index (χ3n) is 4.78. The van der Waals surface area contributed by atoms with Crippen molar-refractivity contribution in [2.24, 2.45) is 0 Å². The van der Waals surface area contributed by atoms with Crippen molar-refractivity contribution in [3.8, 4) is 5.75 Å². The number of aromatic nitrogens is 1. The standard InChI is InChI=1S/C23H18FN3O3/c1-30-17-11-5-14(6-12-17)22(28)21-20(25)19(18-4-2-3-13-27(18)21)23(29)26-16-9-7-15(24)8-10-16/h2-13H,25H2,1H3,(H,26,29). The van der Waals surface area contributed by atoms with Crippen LogP contribution in [0.3, 0.4) is 0 Å². The molecule has 0 fully saturated rings. The Bertz CT molecular complexity index is 1250. The second-order valence-corrected chi connectivity index (χ2v) is 6.61. The SMILES string of the molecule is COc1ccc(C(=O)c2c(N)c(C(=O)Nc3ccc(F)cc3)c3ccccn23)cc1. The average molecular weight is 403 g/mol. The van der Waals surface area contributed by atoms with E-state index in [1.54, 1.807) is 60.2 Å². The van der Waals surface area contributed by atoms with Crippen molar-refractivity contribution < 1.29 is 18.7 Å². The number of ether oxygens (including phenoxy) is 1. The van der Waals surface area contributed by atoms with Crippen molar-refractivity contribution in [2.45, 2.75) is 0 Å². The van der Waals surface area contributed by atoms with Crippen LogP contribution < -0.4 is 15.8 Å². The summed E-state index contributed by atoms with van der Waals surface area (Å²) in [5.74, 6) is -0.595. The van der Waals surface area contributed by atoms with Gasteiger partial charge in [0.2, 0.25) is 5.78 Å². The van der Waals surface area contributed by atoms with Gasteiger partial charge in [0.1, 0.15) is 17.3 Å². The van der Waals surface area contributed by atoms with Crippen molar-refractivity contribution in [2.75, 3.05) is 18.2 Å². The molecule has 0 saturated carbocycles. The predicted molar refractivity (Wildman–Crippen MR) is 113 cm³/mol. The molecule has 0 saturated heterocycles.